The number of anilines is 1. The molecule has 0 aliphatic carbocycles. The molecule has 1 aromatic heterocycles. The molecule has 19 heavy (non-hydrogen) atoms. The van der Waals surface area contributed by atoms with Crippen molar-refractivity contribution in [3.05, 3.63) is 40.9 Å². The van der Waals surface area contributed by atoms with E-state index in [1.165, 1.54) is 12.4 Å². The molecule has 0 unspecified atom stereocenters. The van der Waals surface area contributed by atoms with Gasteiger partial charge in [0.05, 0.1) is 12.1 Å². The van der Waals surface area contributed by atoms with E-state index < -0.39 is 11.7 Å². The number of nitrogens with one attached hydrogen (secondary N) is 1. The predicted molar refractivity (Wildman–Crippen MR) is 64.8 cm³/mol. The lowest BCUT2D eigenvalue weighted by atomic mass is 10.2. The van der Waals surface area contributed by atoms with Gasteiger partial charge in [-0.15, -0.1) is 10.2 Å². The molecule has 0 amide bonds. The van der Waals surface area contributed by atoms with Gasteiger partial charge in [-0.05, 0) is 18.2 Å². The highest BCUT2D eigenvalue weighted by molar-refractivity contribution is 6.30. The van der Waals surface area contributed by atoms with Crippen LogP contribution in [0.5, 0.6) is 0 Å². The quantitative estimate of drug-likeness (QED) is 0.944. The Labute approximate surface area is 112 Å². The summed E-state index contributed by atoms with van der Waals surface area (Å²) in [6, 6.07) is 3.31. The molecule has 0 atom stereocenters. The number of hydrogen-bond acceptors (Lipinski definition) is 3. The molecule has 0 radical (unpaired) electrons. The van der Waals surface area contributed by atoms with Crippen LogP contribution in [0.15, 0.2) is 24.5 Å². The summed E-state index contributed by atoms with van der Waals surface area (Å²) in [6.45, 7) is 0.258. The summed E-state index contributed by atoms with van der Waals surface area (Å²) in [4.78, 5) is 0. The molecule has 4 nitrogen and oxygen atoms in total. The van der Waals surface area contributed by atoms with E-state index in [1.54, 1.807) is 11.6 Å². The fourth-order valence-electron chi connectivity index (χ4n) is 1.50. The lowest BCUT2D eigenvalue weighted by Gasteiger charge is -2.11. The standard InChI is InChI=1S/C11H10ClF3N4/c1-19-6-17-18-10(19)5-16-9-3-7(11(13,14)15)2-8(12)4-9/h2-4,6,16H,5H2,1H3. The second-order valence-electron chi connectivity index (χ2n) is 3.94. The van der Waals surface area contributed by atoms with Crippen molar-refractivity contribution >= 4 is 17.3 Å². The lowest BCUT2D eigenvalue weighted by Crippen LogP contribution is -2.08. The summed E-state index contributed by atoms with van der Waals surface area (Å²) < 4.78 is 39.5. The average Bonchev–Trinajstić information content (AvgIpc) is 2.70. The van der Waals surface area contributed by atoms with E-state index in [-0.39, 0.29) is 17.3 Å². The number of rotatable bonds is 3. The van der Waals surface area contributed by atoms with Gasteiger partial charge in [0.1, 0.15) is 6.33 Å². The Kier molecular flexibility index (Phi) is 3.66. The molecule has 1 heterocycles. The van der Waals surface area contributed by atoms with E-state index in [0.29, 0.717) is 5.82 Å². The molecule has 0 aliphatic rings. The van der Waals surface area contributed by atoms with Crippen LogP contribution in [0.1, 0.15) is 11.4 Å². The molecule has 102 valence electrons. The van der Waals surface area contributed by atoms with Crippen LogP contribution in [0.3, 0.4) is 0 Å². The molecule has 2 rings (SSSR count). The number of hydrogen-bond donors (Lipinski definition) is 1. The maximum absolute atomic E-state index is 12.6. The number of alkyl halides is 3. The Hall–Kier alpha value is -1.76. The van der Waals surface area contributed by atoms with Gasteiger partial charge in [-0.25, -0.2) is 0 Å². The smallest absolute Gasteiger partial charge is 0.378 e. The SMILES string of the molecule is Cn1cnnc1CNc1cc(Cl)cc(C(F)(F)F)c1. The van der Waals surface area contributed by atoms with Gasteiger partial charge < -0.3 is 9.88 Å². The summed E-state index contributed by atoms with van der Waals surface area (Å²) in [7, 11) is 1.75. The van der Waals surface area contributed by atoms with Crippen LogP contribution in [0.2, 0.25) is 5.02 Å². The van der Waals surface area contributed by atoms with Crippen LogP contribution in [-0.4, -0.2) is 14.8 Å². The first-order valence-electron chi connectivity index (χ1n) is 5.31. The zero-order chi connectivity index (χ0) is 14.0. The minimum Gasteiger partial charge on any atom is -0.378 e. The van der Waals surface area contributed by atoms with Crippen molar-refractivity contribution in [2.45, 2.75) is 12.7 Å². The Morgan fingerprint density at radius 3 is 2.63 bits per heavy atom. The molecule has 2 aromatic rings. The number of nitrogens with zero attached hydrogens (tertiary/aromatic N) is 3. The fourth-order valence-corrected chi connectivity index (χ4v) is 1.74. The number of benzene rings is 1. The van der Waals surface area contributed by atoms with E-state index in [1.807, 2.05) is 0 Å². The van der Waals surface area contributed by atoms with Gasteiger partial charge in [0.2, 0.25) is 0 Å². The summed E-state index contributed by atoms with van der Waals surface area (Å²) in [5.41, 5.74) is -0.511. The van der Waals surface area contributed by atoms with Crippen molar-refractivity contribution in [2.24, 2.45) is 7.05 Å². The van der Waals surface area contributed by atoms with Crippen LogP contribution < -0.4 is 5.32 Å². The van der Waals surface area contributed by atoms with Gasteiger partial charge >= 0.3 is 6.18 Å². The molecule has 0 aliphatic heterocycles. The third-order valence-electron chi connectivity index (χ3n) is 2.48. The normalized spacial score (nSPS) is 11.6. The number of halogens is 4. The molecular weight excluding hydrogens is 281 g/mol. The van der Waals surface area contributed by atoms with Crippen molar-refractivity contribution in [3.63, 3.8) is 0 Å². The second kappa shape index (κ2) is 5.08. The van der Waals surface area contributed by atoms with Crippen molar-refractivity contribution in [2.75, 3.05) is 5.32 Å². The molecule has 0 fully saturated rings. The topological polar surface area (TPSA) is 42.7 Å². The molecule has 0 bridgehead atoms. The second-order valence-corrected chi connectivity index (χ2v) is 4.37. The highest BCUT2D eigenvalue weighted by atomic mass is 35.5. The van der Waals surface area contributed by atoms with Crippen LogP contribution in [0, 0.1) is 0 Å². The lowest BCUT2D eigenvalue weighted by molar-refractivity contribution is -0.137. The minimum atomic E-state index is -4.42. The summed E-state index contributed by atoms with van der Waals surface area (Å²) in [5, 5.41) is 10.4. The number of aromatic nitrogens is 3. The molecule has 0 saturated carbocycles. The zero-order valence-corrected chi connectivity index (χ0v) is 10.6. The van der Waals surface area contributed by atoms with Crippen LogP contribution in [0.25, 0.3) is 0 Å². The highest BCUT2D eigenvalue weighted by Gasteiger charge is 2.31. The van der Waals surface area contributed by atoms with Crippen molar-refractivity contribution in [1.82, 2.24) is 14.8 Å². The highest BCUT2D eigenvalue weighted by Crippen LogP contribution is 2.33. The van der Waals surface area contributed by atoms with E-state index in [2.05, 4.69) is 15.5 Å². The maximum Gasteiger partial charge on any atom is 0.416 e. The zero-order valence-electron chi connectivity index (χ0n) is 9.87. The predicted octanol–water partition coefficient (Wildman–Crippen LogP) is 3.10. The Balaban J connectivity index is 2.17. The van der Waals surface area contributed by atoms with Gasteiger partial charge in [0, 0.05) is 17.8 Å². The van der Waals surface area contributed by atoms with Gasteiger partial charge in [0.25, 0.3) is 0 Å². The minimum absolute atomic E-state index is 0.0234. The van der Waals surface area contributed by atoms with Gasteiger partial charge in [-0.2, -0.15) is 13.2 Å². The maximum atomic E-state index is 12.6. The third kappa shape index (κ3) is 3.37. The molecule has 8 heteroatoms. The van der Waals surface area contributed by atoms with E-state index >= 15 is 0 Å². The first kappa shape index (κ1) is 13.7. The van der Waals surface area contributed by atoms with Gasteiger partial charge in [-0.3, -0.25) is 0 Å². The third-order valence-corrected chi connectivity index (χ3v) is 2.70. The van der Waals surface area contributed by atoms with E-state index in [0.717, 1.165) is 12.1 Å². The van der Waals surface area contributed by atoms with Crippen molar-refractivity contribution in [1.29, 1.82) is 0 Å². The van der Waals surface area contributed by atoms with Crippen molar-refractivity contribution < 1.29 is 13.2 Å². The fraction of sp³-hybridized carbons (Fsp3) is 0.273. The average molecular weight is 291 g/mol. The van der Waals surface area contributed by atoms with Crippen LogP contribution in [-0.2, 0) is 19.8 Å². The molecular formula is C11H10ClF3N4. The molecule has 0 saturated heterocycles. The van der Waals surface area contributed by atoms with E-state index in [4.69, 9.17) is 11.6 Å². The monoisotopic (exact) mass is 290 g/mol. The molecule has 1 aromatic carbocycles. The van der Waals surface area contributed by atoms with E-state index in [9.17, 15) is 13.2 Å². The Morgan fingerprint density at radius 2 is 2.05 bits per heavy atom. The summed E-state index contributed by atoms with van der Waals surface area (Å²) in [5.74, 6) is 0.605. The largest absolute Gasteiger partial charge is 0.416 e. The first-order valence-corrected chi connectivity index (χ1v) is 5.68. The first-order chi connectivity index (χ1) is 8.86. The number of aryl methyl sites for hydroxylation is 1. The molecule has 1 N–H and O–H groups in total. The molecule has 0 spiro atoms. The Morgan fingerprint density at radius 1 is 1.32 bits per heavy atom. The summed E-state index contributed by atoms with van der Waals surface area (Å²) >= 11 is 5.67. The Bertz CT molecular complexity index is 580. The van der Waals surface area contributed by atoms with Crippen molar-refractivity contribution in [3.8, 4) is 0 Å². The van der Waals surface area contributed by atoms with Crippen LogP contribution in [0.4, 0.5) is 18.9 Å². The summed E-state index contributed by atoms with van der Waals surface area (Å²) in [6.07, 6.45) is -2.91. The van der Waals surface area contributed by atoms with Gasteiger partial charge in [0.15, 0.2) is 5.82 Å². The van der Waals surface area contributed by atoms with Crippen LogP contribution >= 0.6 is 11.6 Å². The van der Waals surface area contributed by atoms with Gasteiger partial charge in [-0.1, -0.05) is 11.6 Å².